The van der Waals surface area contributed by atoms with E-state index in [4.69, 9.17) is 9.47 Å². The van der Waals surface area contributed by atoms with Crippen LogP contribution in [0, 0.1) is 0 Å². The molecule has 0 spiro atoms. The van der Waals surface area contributed by atoms with Gasteiger partial charge in [0, 0.05) is 6.42 Å². The molecule has 0 aromatic heterocycles. The van der Waals surface area contributed by atoms with Crippen LogP contribution in [0.4, 0.5) is 0 Å². The summed E-state index contributed by atoms with van der Waals surface area (Å²) in [6.45, 7) is 3.46. The van der Waals surface area contributed by atoms with Crippen molar-refractivity contribution >= 4 is 16.3 Å². The van der Waals surface area contributed by atoms with Gasteiger partial charge in [0.1, 0.15) is 24.4 Å². The van der Waals surface area contributed by atoms with Crippen molar-refractivity contribution in [1.29, 1.82) is 0 Å². The number of amides is 1. The van der Waals surface area contributed by atoms with Crippen molar-refractivity contribution in [3.63, 3.8) is 0 Å². The summed E-state index contributed by atoms with van der Waals surface area (Å²) in [7, 11) is -5.09. The fourth-order valence-corrected chi connectivity index (χ4v) is 12.6. The first-order valence-electron chi connectivity index (χ1n) is 36.7. The molecule has 7 atom stereocenters. The molecule has 1 saturated heterocycles. The second kappa shape index (κ2) is 61.4. The molecule has 1 amide bonds. The molecule has 0 aromatic rings. The van der Waals surface area contributed by atoms with Crippen LogP contribution in [-0.2, 0) is 28.9 Å². The van der Waals surface area contributed by atoms with Gasteiger partial charge >= 0.3 is 10.4 Å². The van der Waals surface area contributed by atoms with Crippen LogP contribution in [-0.4, -0.2) is 95.4 Å². The number of aliphatic hydroxyl groups excluding tert-OH is 4. The van der Waals surface area contributed by atoms with Crippen molar-refractivity contribution in [2.24, 2.45) is 0 Å². The standard InChI is InChI=1S/C72H139NO11S/c1-3-5-7-9-11-13-15-17-19-21-23-25-26-27-28-29-30-31-32-33-34-35-36-37-38-39-40-42-44-46-48-50-52-54-56-58-60-62-68(76)73-65(64-82-72-70(78)71(84-85(79,80)81)69(77)67(63-74)83-72)66(75)61-59-57-55-53-51-49-47-45-43-41-24-22-20-18-16-14-12-10-8-6-4-2/h31-32,59,61,65-67,69-72,74-75,77-78H,3-30,33-58,60,62-64H2,1-2H3,(H,73,76)(H,79,80,81)/b32-31-,61-59+. The molecule has 0 aromatic carbocycles. The van der Waals surface area contributed by atoms with Gasteiger partial charge in [0.05, 0.1) is 25.4 Å². The Hall–Kier alpha value is -1.42. The van der Waals surface area contributed by atoms with Crippen LogP contribution >= 0.6 is 0 Å². The maximum atomic E-state index is 13.2. The molecule has 0 radical (unpaired) electrons. The van der Waals surface area contributed by atoms with Gasteiger partial charge < -0.3 is 35.2 Å². The zero-order chi connectivity index (χ0) is 61.8. The Morgan fingerprint density at radius 2 is 0.753 bits per heavy atom. The number of hydrogen-bond donors (Lipinski definition) is 6. The topological polar surface area (TPSA) is 192 Å². The van der Waals surface area contributed by atoms with Gasteiger partial charge in [-0.05, 0) is 44.9 Å². The van der Waals surface area contributed by atoms with Crippen molar-refractivity contribution in [3.8, 4) is 0 Å². The summed E-state index contributed by atoms with van der Waals surface area (Å²) in [5.74, 6) is -0.254. The lowest BCUT2D eigenvalue weighted by Gasteiger charge is -2.41. The van der Waals surface area contributed by atoms with Crippen LogP contribution < -0.4 is 5.32 Å². The summed E-state index contributed by atoms with van der Waals surface area (Å²) in [6, 6.07) is -0.944. The van der Waals surface area contributed by atoms with E-state index in [9.17, 15) is 38.2 Å². The predicted octanol–water partition coefficient (Wildman–Crippen LogP) is 19.5. The summed E-state index contributed by atoms with van der Waals surface area (Å²) in [6.07, 6.45) is 71.3. The molecule has 1 rings (SSSR count). The molecule has 1 heterocycles. The van der Waals surface area contributed by atoms with Crippen LogP contribution in [0.1, 0.15) is 373 Å². The second-order valence-electron chi connectivity index (χ2n) is 25.9. The van der Waals surface area contributed by atoms with Gasteiger partial charge in [0.2, 0.25) is 5.91 Å². The van der Waals surface area contributed by atoms with Gasteiger partial charge in [-0.2, -0.15) is 8.42 Å². The van der Waals surface area contributed by atoms with Gasteiger partial charge in [-0.1, -0.05) is 346 Å². The average molecular weight is 1230 g/mol. The number of unbranched alkanes of at least 4 members (excludes halogenated alkanes) is 52. The van der Waals surface area contributed by atoms with Crippen molar-refractivity contribution in [1.82, 2.24) is 5.32 Å². The fourth-order valence-electron chi connectivity index (χ4n) is 12.1. The lowest BCUT2D eigenvalue weighted by Crippen LogP contribution is -2.61. The zero-order valence-electron chi connectivity index (χ0n) is 55.5. The summed E-state index contributed by atoms with van der Waals surface area (Å²) in [4.78, 5) is 13.2. The van der Waals surface area contributed by atoms with Crippen LogP contribution in [0.3, 0.4) is 0 Å². The molecule has 85 heavy (non-hydrogen) atoms. The molecule has 1 aliphatic rings. The number of allylic oxidation sites excluding steroid dienone is 3. The molecule has 1 aliphatic heterocycles. The van der Waals surface area contributed by atoms with E-state index in [1.807, 2.05) is 6.08 Å². The lowest BCUT2D eigenvalue weighted by atomic mass is 9.99. The van der Waals surface area contributed by atoms with E-state index in [1.54, 1.807) is 6.08 Å². The molecule has 0 saturated carbocycles. The Balaban J connectivity index is 2.18. The van der Waals surface area contributed by atoms with Crippen LogP contribution in [0.15, 0.2) is 24.3 Å². The number of nitrogens with one attached hydrogen (secondary N) is 1. The van der Waals surface area contributed by atoms with Crippen LogP contribution in [0.2, 0.25) is 0 Å². The third-order valence-corrected chi connectivity index (χ3v) is 18.2. The van der Waals surface area contributed by atoms with E-state index in [0.717, 1.165) is 38.5 Å². The highest BCUT2D eigenvalue weighted by molar-refractivity contribution is 7.80. The monoisotopic (exact) mass is 1230 g/mol. The molecule has 504 valence electrons. The SMILES string of the molecule is CCCCCCCCCCCCCCCCCC/C=C\CCCCCCCCCCCCCCCCCCCC(=O)NC(COC1OC(CO)C(O)C(OS(=O)(=O)O)C1O)C(O)/C=C/CCCCCCCCCCCCCCCCCCCCC. The average Bonchev–Trinajstić information content (AvgIpc) is 3.45. The number of rotatable bonds is 66. The highest BCUT2D eigenvalue weighted by Crippen LogP contribution is 2.27. The Morgan fingerprint density at radius 1 is 0.459 bits per heavy atom. The minimum atomic E-state index is -5.09. The molecule has 7 unspecified atom stereocenters. The van der Waals surface area contributed by atoms with E-state index < -0.39 is 59.9 Å². The first-order chi connectivity index (χ1) is 41.5. The predicted molar refractivity (Wildman–Crippen MR) is 356 cm³/mol. The number of aliphatic hydroxyl groups is 4. The van der Waals surface area contributed by atoms with E-state index >= 15 is 0 Å². The summed E-state index contributed by atoms with van der Waals surface area (Å²) < 4.78 is 48.1. The Morgan fingerprint density at radius 3 is 1.06 bits per heavy atom. The third kappa shape index (κ3) is 53.0. The highest BCUT2D eigenvalue weighted by atomic mass is 32.3. The van der Waals surface area contributed by atoms with Gasteiger partial charge in [0.15, 0.2) is 6.29 Å². The first-order valence-corrected chi connectivity index (χ1v) is 38.1. The first kappa shape index (κ1) is 81.6. The molecule has 0 bridgehead atoms. The van der Waals surface area contributed by atoms with Crippen LogP contribution in [0.25, 0.3) is 0 Å². The van der Waals surface area contributed by atoms with Gasteiger partial charge in [-0.15, -0.1) is 0 Å². The number of hydrogen-bond acceptors (Lipinski definition) is 10. The number of carbonyl (C=O) groups is 1. The summed E-state index contributed by atoms with van der Waals surface area (Å²) in [5.41, 5.74) is 0. The fraction of sp³-hybridized carbons (Fsp3) is 0.931. The molecule has 13 heteroatoms. The summed E-state index contributed by atoms with van der Waals surface area (Å²) >= 11 is 0. The molecular weight excluding hydrogens is 1090 g/mol. The van der Waals surface area contributed by atoms with E-state index in [0.29, 0.717) is 6.42 Å². The third-order valence-electron chi connectivity index (χ3n) is 17.7. The zero-order valence-corrected chi connectivity index (χ0v) is 56.3. The van der Waals surface area contributed by atoms with E-state index in [-0.39, 0.29) is 18.9 Å². The van der Waals surface area contributed by atoms with Crippen molar-refractivity contribution in [2.45, 2.75) is 416 Å². The van der Waals surface area contributed by atoms with Crippen molar-refractivity contribution in [3.05, 3.63) is 24.3 Å². The number of ether oxygens (including phenoxy) is 2. The van der Waals surface area contributed by atoms with Crippen molar-refractivity contribution < 1.29 is 51.8 Å². The minimum absolute atomic E-state index is 0.254. The quantitative estimate of drug-likeness (QED) is 0.0193. The van der Waals surface area contributed by atoms with E-state index in [2.05, 4.69) is 35.5 Å². The van der Waals surface area contributed by atoms with Gasteiger partial charge in [-0.25, -0.2) is 4.18 Å². The Kier molecular flexibility index (Phi) is 59.0. The Bertz CT molecular complexity index is 1580. The van der Waals surface area contributed by atoms with Crippen LogP contribution in [0.5, 0.6) is 0 Å². The van der Waals surface area contributed by atoms with Gasteiger partial charge in [0.25, 0.3) is 0 Å². The second-order valence-corrected chi connectivity index (χ2v) is 26.9. The maximum Gasteiger partial charge on any atom is 0.397 e. The molecule has 0 aliphatic carbocycles. The van der Waals surface area contributed by atoms with E-state index in [1.165, 1.54) is 308 Å². The number of carbonyl (C=O) groups excluding carboxylic acids is 1. The van der Waals surface area contributed by atoms with Gasteiger partial charge in [-0.3, -0.25) is 9.35 Å². The highest BCUT2D eigenvalue weighted by Gasteiger charge is 2.48. The Labute approximate surface area is 524 Å². The minimum Gasteiger partial charge on any atom is -0.394 e. The molecular formula is C72H139NO11S. The van der Waals surface area contributed by atoms with Crippen molar-refractivity contribution in [2.75, 3.05) is 13.2 Å². The maximum absolute atomic E-state index is 13.2. The lowest BCUT2D eigenvalue weighted by molar-refractivity contribution is -0.298. The molecule has 12 nitrogen and oxygen atoms in total. The molecule has 6 N–H and O–H groups in total. The summed E-state index contributed by atoms with van der Waals surface area (Å²) in [5, 5.41) is 45.2. The molecule has 1 fully saturated rings. The largest absolute Gasteiger partial charge is 0.397 e. The normalized spacial score (nSPS) is 18.3. The smallest absolute Gasteiger partial charge is 0.394 e.